The number of hydrogen-bond acceptors (Lipinski definition) is 5. The van der Waals surface area contributed by atoms with Gasteiger partial charge in [0.2, 0.25) is 0 Å². The van der Waals surface area contributed by atoms with E-state index in [0.717, 1.165) is 95.3 Å². The van der Waals surface area contributed by atoms with Gasteiger partial charge in [0.15, 0.2) is 17.5 Å². The van der Waals surface area contributed by atoms with Crippen molar-refractivity contribution >= 4 is 11.3 Å². The maximum Gasteiger partial charge on any atom is 0.164 e. The summed E-state index contributed by atoms with van der Waals surface area (Å²) in [5.74, 6) is 1.82. The standard InChI is InChI=1S/C59H39N7/c1-4-16-42(17-5-1)53-55(65-36-12-10-26-51(65)60-53)44-32-28-40(29-33-44)47-22-14-24-49(38-47)58-62-57(46-20-8-3-9-21-46)63-59(64-58)50-25-15-23-48(39-50)41-30-34-45(35-31-41)56-54(43-18-6-2-7-19-43)61-52-27-11-13-37-66(52)56/h1-39H. The highest BCUT2D eigenvalue weighted by Crippen LogP contribution is 2.37. The number of hydrogen-bond donors (Lipinski definition) is 0. The van der Waals surface area contributed by atoms with Crippen LogP contribution in [0.15, 0.2) is 237 Å². The average Bonchev–Trinajstić information content (AvgIpc) is 3.99. The van der Waals surface area contributed by atoms with Crippen molar-refractivity contribution in [2.24, 2.45) is 0 Å². The highest BCUT2D eigenvalue weighted by Gasteiger charge is 2.19. The molecule has 66 heavy (non-hydrogen) atoms. The molecule has 12 rings (SSSR count). The van der Waals surface area contributed by atoms with Crippen LogP contribution in [0.2, 0.25) is 0 Å². The molecule has 310 valence electrons. The third-order valence-corrected chi connectivity index (χ3v) is 12.0. The molecule has 0 amide bonds. The molecule has 5 heterocycles. The topological polar surface area (TPSA) is 73.3 Å². The van der Waals surface area contributed by atoms with Crippen molar-refractivity contribution in [3.8, 4) is 101 Å². The lowest BCUT2D eigenvalue weighted by Crippen LogP contribution is -2.00. The fourth-order valence-electron chi connectivity index (χ4n) is 8.81. The van der Waals surface area contributed by atoms with Crippen LogP contribution < -0.4 is 0 Å². The lowest BCUT2D eigenvalue weighted by atomic mass is 9.99. The van der Waals surface area contributed by atoms with E-state index in [4.69, 9.17) is 24.9 Å². The molecule has 0 spiro atoms. The second kappa shape index (κ2) is 16.6. The van der Waals surface area contributed by atoms with Crippen molar-refractivity contribution in [1.29, 1.82) is 0 Å². The van der Waals surface area contributed by atoms with Gasteiger partial charge >= 0.3 is 0 Å². The number of benzene rings is 7. The fraction of sp³-hybridized carbons (Fsp3) is 0. The Morgan fingerprint density at radius 3 is 0.985 bits per heavy atom. The molecule has 0 atom stereocenters. The molecule has 12 aromatic rings. The van der Waals surface area contributed by atoms with Crippen LogP contribution in [0, 0.1) is 0 Å². The second-order valence-corrected chi connectivity index (χ2v) is 16.2. The number of pyridine rings is 2. The monoisotopic (exact) mass is 845 g/mol. The van der Waals surface area contributed by atoms with E-state index in [-0.39, 0.29) is 0 Å². The van der Waals surface area contributed by atoms with Crippen LogP contribution in [-0.4, -0.2) is 33.7 Å². The molecular weight excluding hydrogens is 807 g/mol. The number of imidazole rings is 2. The first-order valence-corrected chi connectivity index (χ1v) is 22.0. The van der Waals surface area contributed by atoms with E-state index in [1.807, 2.05) is 78.9 Å². The average molecular weight is 846 g/mol. The maximum absolute atomic E-state index is 5.16. The Hall–Kier alpha value is -9.07. The minimum atomic E-state index is 0.604. The molecule has 5 aromatic heterocycles. The van der Waals surface area contributed by atoms with E-state index < -0.39 is 0 Å². The molecule has 0 bridgehead atoms. The summed E-state index contributed by atoms with van der Waals surface area (Å²) in [6.45, 7) is 0. The normalized spacial score (nSPS) is 11.3. The van der Waals surface area contributed by atoms with E-state index in [1.165, 1.54) is 0 Å². The minimum Gasteiger partial charge on any atom is -0.299 e. The molecule has 7 heteroatoms. The molecule has 0 saturated heterocycles. The molecule has 0 N–H and O–H groups in total. The van der Waals surface area contributed by atoms with Gasteiger partial charge in [-0.2, -0.15) is 0 Å². The summed E-state index contributed by atoms with van der Waals surface area (Å²) >= 11 is 0. The van der Waals surface area contributed by atoms with Gasteiger partial charge in [0.1, 0.15) is 11.3 Å². The van der Waals surface area contributed by atoms with Gasteiger partial charge in [-0.25, -0.2) is 24.9 Å². The predicted octanol–water partition coefficient (Wildman–Crippen LogP) is 14.2. The van der Waals surface area contributed by atoms with Crippen LogP contribution in [0.25, 0.3) is 113 Å². The van der Waals surface area contributed by atoms with Gasteiger partial charge in [0, 0.05) is 51.3 Å². The highest BCUT2D eigenvalue weighted by molar-refractivity contribution is 5.85. The molecule has 0 unspecified atom stereocenters. The highest BCUT2D eigenvalue weighted by atomic mass is 15.0. The van der Waals surface area contributed by atoms with Gasteiger partial charge in [-0.3, -0.25) is 8.80 Å². The largest absolute Gasteiger partial charge is 0.299 e. The molecule has 0 aliphatic heterocycles. The van der Waals surface area contributed by atoms with Crippen molar-refractivity contribution < 1.29 is 0 Å². The molecule has 0 aliphatic carbocycles. The zero-order valence-electron chi connectivity index (χ0n) is 35.6. The first-order chi connectivity index (χ1) is 32.7. The number of fused-ring (bicyclic) bond motifs is 2. The molecular formula is C59H39N7. The lowest BCUT2D eigenvalue weighted by molar-refractivity contribution is 1.07. The maximum atomic E-state index is 5.16. The molecule has 0 saturated carbocycles. The summed E-state index contributed by atoms with van der Waals surface area (Å²) in [6.07, 6.45) is 4.15. The van der Waals surface area contributed by atoms with E-state index in [0.29, 0.717) is 17.5 Å². The van der Waals surface area contributed by atoms with E-state index in [9.17, 15) is 0 Å². The van der Waals surface area contributed by atoms with Crippen molar-refractivity contribution in [2.45, 2.75) is 0 Å². The van der Waals surface area contributed by atoms with Crippen molar-refractivity contribution in [1.82, 2.24) is 33.7 Å². The Labute approximate surface area is 381 Å². The van der Waals surface area contributed by atoms with Gasteiger partial charge in [-0.05, 0) is 58.7 Å². The van der Waals surface area contributed by atoms with E-state index >= 15 is 0 Å². The van der Waals surface area contributed by atoms with Crippen LogP contribution in [0.1, 0.15) is 0 Å². The predicted molar refractivity (Wildman–Crippen MR) is 266 cm³/mol. The summed E-state index contributed by atoms with van der Waals surface area (Å²) in [7, 11) is 0. The Morgan fingerprint density at radius 2 is 0.561 bits per heavy atom. The van der Waals surface area contributed by atoms with Crippen LogP contribution in [0.3, 0.4) is 0 Å². The van der Waals surface area contributed by atoms with Crippen molar-refractivity contribution in [3.05, 3.63) is 237 Å². The Kier molecular flexibility index (Phi) is 9.69. The Morgan fingerprint density at radius 1 is 0.227 bits per heavy atom. The van der Waals surface area contributed by atoms with Gasteiger partial charge in [-0.15, -0.1) is 0 Å². The van der Waals surface area contributed by atoms with Crippen LogP contribution in [0.4, 0.5) is 0 Å². The first-order valence-electron chi connectivity index (χ1n) is 22.0. The number of rotatable bonds is 9. The molecule has 7 aromatic carbocycles. The van der Waals surface area contributed by atoms with Gasteiger partial charge in [-0.1, -0.05) is 188 Å². The minimum absolute atomic E-state index is 0.604. The molecule has 7 nitrogen and oxygen atoms in total. The SMILES string of the molecule is c1ccc(-c2nc(-c3cccc(-c4ccc(-c5c(-c6ccccc6)nc6ccccn56)cc4)c3)nc(-c3cccc(-c4ccc(-c5c(-c6ccccc6)nc6ccccn56)cc4)c3)n2)cc1. The molecule has 0 fully saturated rings. The summed E-state index contributed by atoms with van der Waals surface area (Å²) in [5.41, 5.74) is 17.2. The van der Waals surface area contributed by atoms with E-state index in [2.05, 4.69) is 167 Å². The zero-order chi connectivity index (χ0) is 43.8. The third-order valence-electron chi connectivity index (χ3n) is 12.0. The van der Waals surface area contributed by atoms with Crippen LogP contribution in [-0.2, 0) is 0 Å². The van der Waals surface area contributed by atoms with Gasteiger partial charge in [0.25, 0.3) is 0 Å². The summed E-state index contributed by atoms with van der Waals surface area (Å²) in [6, 6.07) is 77.4. The number of nitrogens with zero attached hydrogens (tertiary/aromatic N) is 7. The number of aromatic nitrogens is 7. The first kappa shape index (κ1) is 38.6. The van der Waals surface area contributed by atoms with Crippen molar-refractivity contribution in [3.63, 3.8) is 0 Å². The molecule has 0 aliphatic rings. The summed E-state index contributed by atoms with van der Waals surface area (Å²) < 4.78 is 4.33. The Balaban J connectivity index is 0.886. The zero-order valence-corrected chi connectivity index (χ0v) is 35.6. The second-order valence-electron chi connectivity index (χ2n) is 16.2. The summed E-state index contributed by atoms with van der Waals surface area (Å²) in [5, 5.41) is 0. The Bertz CT molecular complexity index is 3450. The quantitative estimate of drug-likeness (QED) is 0.145. The van der Waals surface area contributed by atoms with Gasteiger partial charge in [0.05, 0.1) is 22.8 Å². The van der Waals surface area contributed by atoms with Gasteiger partial charge < -0.3 is 0 Å². The molecule has 0 radical (unpaired) electrons. The fourth-order valence-corrected chi connectivity index (χ4v) is 8.81. The van der Waals surface area contributed by atoms with E-state index in [1.54, 1.807) is 0 Å². The summed E-state index contributed by atoms with van der Waals surface area (Å²) in [4.78, 5) is 25.4. The third kappa shape index (κ3) is 7.20. The van der Waals surface area contributed by atoms with Crippen LogP contribution >= 0.6 is 0 Å². The lowest BCUT2D eigenvalue weighted by Gasteiger charge is -2.11. The smallest absolute Gasteiger partial charge is 0.164 e. The van der Waals surface area contributed by atoms with Crippen molar-refractivity contribution in [2.75, 3.05) is 0 Å². The van der Waals surface area contributed by atoms with Crippen LogP contribution in [0.5, 0.6) is 0 Å².